The van der Waals surface area contributed by atoms with Crippen LogP contribution in [0.5, 0.6) is 0 Å². The second-order valence-electron chi connectivity index (χ2n) is 5.16. The van der Waals surface area contributed by atoms with Crippen LogP contribution < -0.4 is 5.32 Å². The molecule has 0 fully saturated rings. The van der Waals surface area contributed by atoms with Crippen LogP contribution in [-0.2, 0) is 0 Å². The van der Waals surface area contributed by atoms with E-state index in [4.69, 9.17) is 11.6 Å². The van der Waals surface area contributed by atoms with Crippen molar-refractivity contribution in [1.29, 1.82) is 0 Å². The molecule has 1 N–H and O–H groups in total. The SMILES string of the molecule is CCCNC(CC(C)C)c1ccc(C)cc1Cl. The van der Waals surface area contributed by atoms with Crippen molar-refractivity contribution >= 4 is 11.6 Å². The molecule has 1 aromatic rings. The molecule has 0 saturated carbocycles. The Kier molecular flexibility index (Phi) is 6.01. The van der Waals surface area contributed by atoms with Crippen LogP contribution in [0, 0.1) is 12.8 Å². The fourth-order valence-electron chi connectivity index (χ4n) is 2.02. The van der Waals surface area contributed by atoms with E-state index in [-0.39, 0.29) is 0 Å². The van der Waals surface area contributed by atoms with Gasteiger partial charge in [-0.1, -0.05) is 44.5 Å². The Balaban J connectivity index is 2.86. The van der Waals surface area contributed by atoms with Crippen LogP contribution in [0.15, 0.2) is 18.2 Å². The van der Waals surface area contributed by atoms with Gasteiger partial charge >= 0.3 is 0 Å². The summed E-state index contributed by atoms with van der Waals surface area (Å²) >= 11 is 6.35. The van der Waals surface area contributed by atoms with Gasteiger partial charge in [-0.15, -0.1) is 0 Å². The molecule has 0 heterocycles. The highest BCUT2D eigenvalue weighted by atomic mass is 35.5. The Bertz CT molecular complexity index is 347. The summed E-state index contributed by atoms with van der Waals surface area (Å²) in [6.45, 7) is 9.82. The van der Waals surface area contributed by atoms with Gasteiger partial charge in [-0.3, -0.25) is 0 Å². The van der Waals surface area contributed by atoms with Gasteiger partial charge in [-0.05, 0) is 49.4 Å². The molecule has 0 amide bonds. The number of halogens is 1. The predicted molar refractivity (Wildman–Crippen MR) is 76.7 cm³/mol. The van der Waals surface area contributed by atoms with Crippen LogP contribution in [-0.4, -0.2) is 6.54 Å². The lowest BCUT2D eigenvalue weighted by Gasteiger charge is -2.22. The van der Waals surface area contributed by atoms with E-state index in [1.807, 2.05) is 0 Å². The highest BCUT2D eigenvalue weighted by Crippen LogP contribution is 2.28. The first-order valence-electron chi connectivity index (χ1n) is 6.54. The smallest absolute Gasteiger partial charge is 0.0456 e. The van der Waals surface area contributed by atoms with E-state index in [1.165, 1.54) is 11.1 Å². The normalized spacial score (nSPS) is 13.1. The van der Waals surface area contributed by atoms with Crippen LogP contribution in [0.4, 0.5) is 0 Å². The van der Waals surface area contributed by atoms with Gasteiger partial charge in [-0.25, -0.2) is 0 Å². The predicted octanol–water partition coefficient (Wildman–Crippen LogP) is 4.74. The fourth-order valence-corrected chi connectivity index (χ4v) is 2.39. The third-order valence-electron chi connectivity index (χ3n) is 2.88. The molecule has 1 rings (SSSR count). The summed E-state index contributed by atoms with van der Waals surface area (Å²) in [5.41, 5.74) is 2.46. The van der Waals surface area contributed by atoms with Crippen molar-refractivity contribution in [2.75, 3.05) is 6.54 Å². The molecule has 0 aliphatic rings. The zero-order chi connectivity index (χ0) is 12.8. The van der Waals surface area contributed by atoms with Gasteiger partial charge in [0.25, 0.3) is 0 Å². The van der Waals surface area contributed by atoms with E-state index in [0.29, 0.717) is 12.0 Å². The summed E-state index contributed by atoms with van der Waals surface area (Å²) in [6.07, 6.45) is 2.28. The summed E-state index contributed by atoms with van der Waals surface area (Å²) in [6, 6.07) is 6.73. The minimum absolute atomic E-state index is 0.378. The van der Waals surface area contributed by atoms with Crippen molar-refractivity contribution in [3.05, 3.63) is 34.3 Å². The lowest BCUT2D eigenvalue weighted by Crippen LogP contribution is -2.23. The van der Waals surface area contributed by atoms with Crippen molar-refractivity contribution in [3.63, 3.8) is 0 Å². The minimum atomic E-state index is 0.378. The lowest BCUT2D eigenvalue weighted by atomic mass is 9.96. The lowest BCUT2D eigenvalue weighted by molar-refractivity contribution is 0.430. The third kappa shape index (κ3) is 4.69. The number of hydrogen-bond acceptors (Lipinski definition) is 1. The van der Waals surface area contributed by atoms with E-state index in [9.17, 15) is 0 Å². The Morgan fingerprint density at radius 3 is 2.53 bits per heavy atom. The minimum Gasteiger partial charge on any atom is -0.310 e. The zero-order valence-electron chi connectivity index (χ0n) is 11.4. The molecule has 2 heteroatoms. The first kappa shape index (κ1) is 14.5. The van der Waals surface area contributed by atoms with E-state index in [1.54, 1.807) is 0 Å². The van der Waals surface area contributed by atoms with Crippen LogP contribution >= 0.6 is 11.6 Å². The van der Waals surface area contributed by atoms with Crippen molar-refractivity contribution in [3.8, 4) is 0 Å². The summed E-state index contributed by atoms with van der Waals surface area (Å²) < 4.78 is 0. The fraction of sp³-hybridized carbons (Fsp3) is 0.600. The highest BCUT2D eigenvalue weighted by Gasteiger charge is 2.15. The molecule has 1 nitrogen and oxygen atoms in total. The second kappa shape index (κ2) is 7.03. The number of aryl methyl sites for hydroxylation is 1. The molecule has 0 aromatic heterocycles. The topological polar surface area (TPSA) is 12.0 Å². The average molecular weight is 254 g/mol. The Hall–Kier alpha value is -0.530. The van der Waals surface area contributed by atoms with Crippen LogP contribution in [0.1, 0.15) is 50.8 Å². The number of nitrogens with one attached hydrogen (secondary N) is 1. The van der Waals surface area contributed by atoms with Gasteiger partial charge in [0.15, 0.2) is 0 Å². The molecule has 0 saturated heterocycles. The van der Waals surface area contributed by atoms with Crippen LogP contribution in [0.2, 0.25) is 5.02 Å². The molecule has 0 radical (unpaired) electrons. The Morgan fingerprint density at radius 2 is 2.00 bits per heavy atom. The summed E-state index contributed by atoms with van der Waals surface area (Å²) in [7, 11) is 0. The maximum atomic E-state index is 6.35. The van der Waals surface area contributed by atoms with E-state index >= 15 is 0 Å². The summed E-state index contributed by atoms with van der Waals surface area (Å²) in [5.74, 6) is 0.668. The molecule has 1 aromatic carbocycles. The average Bonchev–Trinajstić information content (AvgIpc) is 2.24. The molecular weight excluding hydrogens is 230 g/mol. The van der Waals surface area contributed by atoms with Crippen molar-refractivity contribution < 1.29 is 0 Å². The van der Waals surface area contributed by atoms with E-state index < -0.39 is 0 Å². The van der Waals surface area contributed by atoms with E-state index in [2.05, 4.69) is 51.2 Å². The molecule has 0 spiro atoms. The van der Waals surface area contributed by atoms with Gasteiger partial charge in [0.05, 0.1) is 0 Å². The van der Waals surface area contributed by atoms with Gasteiger partial charge in [0.2, 0.25) is 0 Å². The van der Waals surface area contributed by atoms with Gasteiger partial charge in [0, 0.05) is 11.1 Å². The largest absolute Gasteiger partial charge is 0.310 e. The number of rotatable bonds is 6. The van der Waals surface area contributed by atoms with Crippen LogP contribution in [0.25, 0.3) is 0 Å². The molecule has 0 bridgehead atoms. The Labute approximate surface area is 111 Å². The van der Waals surface area contributed by atoms with Crippen molar-refractivity contribution in [2.24, 2.45) is 5.92 Å². The second-order valence-corrected chi connectivity index (χ2v) is 5.57. The summed E-state index contributed by atoms with van der Waals surface area (Å²) in [5, 5.41) is 4.48. The number of benzene rings is 1. The highest BCUT2D eigenvalue weighted by molar-refractivity contribution is 6.31. The van der Waals surface area contributed by atoms with Crippen molar-refractivity contribution in [1.82, 2.24) is 5.32 Å². The van der Waals surface area contributed by atoms with E-state index in [0.717, 1.165) is 24.4 Å². The standard InChI is InChI=1S/C15H24ClN/c1-5-8-17-15(9-11(2)3)13-7-6-12(4)10-14(13)16/h6-7,10-11,15,17H,5,8-9H2,1-4H3. The first-order chi connectivity index (χ1) is 8.04. The van der Waals surface area contributed by atoms with Crippen molar-refractivity contribution in [2.45, 2.75) is 46.6 Å². The maximum Gasteiger partial charge on any atom is 0.0456 e. The first-order valence-corrected chi connectivity index (χ1v) is 6.91. The molecule has 17 heavy (non-hydrogen) atoms. The molecular formula is C15H24ClN. The quantitative estimate of drug-likeness (QED) is 0.773. The third-order valence-corrected chi connectivity index (χ3v) is 3.21. The van der Waals surface area contributed by atoms with Gasteiger partial charge in [0.1, 0.15) is 0 Å². The molecule has 0 aliphatic carbocycles. The molecule has 0 aliphatic heterocycles. The van der Waals surface area contributed by atoms with Gasteiger partial charge in [-0.2, -0.15) is 0 Å². The molecule has 1 unspecified atom stereocenters. The van der Waals surface area contributed by atoms with Gasteiger partial charge < -0.3 is 5.32 Å². The monoisotopic (exact) mass is 253 g/mol. The maximum absolute atomic E-state index is 6.35. The van der Waals surface area contributed by atoms with Crippen LogP contribution in [0.3, 0.4) is 0 Å². The zero-order valence-corrected chi connectivity index (χ0v) is 12.1. The molecule has 96 valence electrons. The summed E-state index contributed by atoms with van der Waals surface area (Å²) in [4.78, 5) is 0. The Morgan fingerprint density at radius 1 is 1.29 bits per heavy atom. The molecule has 1 atom stereocenters. The number of hydrogen-bond donors (Lipinski definition) is 1.